The predicted octanol–water partition coefficient (Wildman–Crippen LogP) is 1.37. The van der Waals surface area contributed by atoms with Gasteiger partial charge in [-0.15, -0.1) is 0 Å². The molecule has 0 spiro atoms. The van der Waals surface area contributed by atoms with Gasteiger partial charge in [-0.3, -0.25) is 9.69 Å². The molecule has 0 aromatic carbocycles. The topological polar surface area (TPSA) is 82.1 Å². The van der Waals surface area contributed by atoms with Crippen molar-refractivity contribution in [1.29, 1.82) is 0 Å². The Morgan fingerprint density at radius 2 is 2.15 bits per heavy atom. The van der Waals surface area contributed by atoms with Crippen LogP contribution in [-0.4, -0.2) is 60.8 Å². The van der Waals surface area contributed by atoms with Crippen molar-refractivity contribution >= 4 is 17.9 Å². The first-order valence-corrected chi connectivity index (χ1v) is 9.03. The van der Waals surface area contributed by atoms with Gasteiger partial charge in [0.05, 0.1) is 6.04 Å². The highest BCUT2D eigenvalue weighted by Crippen LogP contribution is 2.33. The molecule has 0 aromatic rings. The normalized spacial score (nSPS) is 34.3. The summed E-state index contributed by atoms with van der Waals surface area (Å²) in [4.78, 5) is 38.8. The van der Waals surface area contributed by atoms with Crippen molar-refractivity contribution in [3.05, 3.63) is 23.3 Å². The Labute approximate surface area is 152 Å². The summed E-state index contributed by atoms with van der Waals surface area (Å²) < 4.78 is 16.4. The van der Waals surface area contributed by atoms with E-state index in [4.69, 9.17) is 14.2 Å². The summed E-state index contributed by atoms with van der Waals surface area (Å²) in [5.41, 5.74) is 1.41. The van der Waals surface area contributed by atoms with E-state index in [1.54, 1.807) is 19.9 Å². The van der Waals surface area contributed by atoms with E-state index < -0.39 is 24.0 Å². The molecule has 26 heavy (non-hydrogen) atoms. The molecular formula is C19H25NO6. The van der Waals surface area contributed by atoms with Crippen molar-refractivity contribution in [1.82, 2.24) is 4.90 Å². The average molecular weight is 363 g/mol. The molecular weight excluding hydrogens is 338 g/mol. The quantitative estimate of drug-likeness (QED) is 0.301. The first-order chi connectivity index (χ1) is 12.4. The van der Waals surface area contributed by atoms with Crippen LogP contribution >= 0.6 is 0 Å². The van der Waals surface area contributed by atoms with E-state index in [-0.39, 0.29) is 31.1 Å². The number of cyclic esters (lactones) is 1. The molecule has 7 nitrogen and oxygen atoms in total. The lowest BCUT2D eigenvalue weighted by Gasteiger charge is -2.28. The van der Waals surface area contributed by atoms with Crippen molar-refractivity contribution in [3.63, 3.8) is 0 Å². The number of rotatable bonds is 1. The smallest absolute Gasteiger partial charge is 0.348 e. The van der Waals surface area contributed by atoms with Crippen molar-refractivity contribution in [2.45, 2.75) is 51.9 Å². The monoisotopic (exact) mass is 363 g/mol. The summed E-state index contributed by atoms with van der Waals surface area (Å²) in [5.74, 6) is -1.91. The first-order valence-electron chi connectivity index (χ1n) is 9.03. The first kappa shape index (κ1) is 18.6. The van der Waals surface area contributed by atoms with Gasteiger partial charge in [0.25, 0.3) is 0 Å². The Kier molecular flexibility index (Phi) is 5.46. The number of hydrogen-bond donors (Lipinski definition) is 0. The lowest BCUT2D eigenvalue weighted by molar-refractivity contribution is -0.170. The lowest BCUT2D eigenvalue weighted by atomic mass is 9.94. The summed E-state index contributed by atoms with van der Waals surface area (Å²) in [6, 6.07) is -0.0473. The van der Waals surface area contributed by atoms with E-state index >= 15 is 0 Å². The highest BCUT2D eigenvalue weighted by atomic mass is 16.6. The zero-order valence-electron chi connectivity index (χ0n) is 15.4. The van der Waals surface area contributed by atoms with E-state index in [1.165, 1.54) is 6.92 Å². The SMILES string of the molecule is CC=C1CC(C)C(OC(C)=O)C(=O)OCC2=CCN3CCC(OC1=O)C23. The highest BCUT2D eigenvalue weighted by Gasteiger charge is 2.43. The van der Waals surface area contributed by atoms with Crippen LogP contribution < -0.4 is 0 Å². The zero-order valence-corrected chi connectivity index (χ0v) is 15.4. The third kappa shape index (κ3) is 3.67. The van der Waals surface area contributed by atoms with Crippen LogP contribution in [0.25, 0.3) is 0 Å². The molecule has 7 heteroatoms. The minimum atomic E-state index is -1.05. The van der Waals surface area contributed by atoms with Gasteiger partial charge < -0.3 is 14.2 Å². The molecule has 3 aliphatic heterocycles. The second kappa shape index (κ2) is 7.61. The molecule has 142 valence electrons. The number of ether oxygens (including phenoxy) is 3. The molecule has 0 saturated carbocycles. The van der Waals surface area contributed by atoms with Crippen LogP contribution in [-0.2, 0) is 28.6 Å². The molecule has 4 unspecified atom stereocenters. The van der Waals surface area contributed by atoms with Crippen molar-refractivity contribution < 1.29 is 28.6 Å². The number of nitrogens with zero attached hydrogens (tertiary/aromatic N) is 1. The molecule has 0 N–H and O–H groups in total. The number of esters is 3. The summed E-state index contributed by atoms with van der Waals surface area (Å²) >= 11 is 0. The molecule has 2 saturated heterocycles. The van der Waals surface area contributed by atoms with Gasteiger partial charge in [0.2, 0.25) is 6.10 Å². The van der Waals surface area contributed by atoms with Crippen LogP contribution in [0.15, 0.2) is 23.3 Å². The van der Waals surface area contributed by atoms with Gasteiger partial charge >= 0.3 is 17.9 Å². The molecule has 0 radical (unpaired) electrons. The van der Waals surface area contributed by atoms with Gasteiger partial charge in [0.1, 0.15) is 12.7 Å². The maximum Gasteiger partial charge on any atom is 0.348 e. The van der Waals surface area contributed by atoms with Crippen LogP contribution in [0, 0.1) is 5.92 Å². The summed E-state index contributed by atoms with van der Waals surface area (Å²) in [6.45, 7) is 6.49. The lowest BCUT2D eigenvalue weighted by Crippen LogP contribution is -2.39. The average Bonchev–Trinajstić information content (AvgIpc) is 3.17. The van der Waals surface area contributed by atoms with Gasteiger partial charge in [0, 0.05) is 31.5 Å². The fourth-order valence-corrected chi connectivity index (χ4v) is 3.92. The fraction of sp³-hybridized carbons (Fsp3) is 0.632. The predicted molar refractivity (Wildman–Crippen MR) is 92.0 cm³/mol. The molecule has 3 heterocycles. The van der Waals surface area contributed by atoms with Gasteiger partial charge in [-0.2, -0.15) is 0 Å². The van der Waals surface area contributed by atoms with E-state index in [0.29, 0.717) is 5.57 Å². The zero-order chi connectivity index (χ0) is 18.8. The molecule has 3 aliphatic rings. The Bertz CT molecular complexity index is 667. The summed E-state index contributed by atoms with van der Waals surface area (Å²) in [6.07, 6.45) is 3.47. The molecule has 0 amide bonds. The fourth-order valence-electron chi connectivity index (χ4n) is 3.92. The van der Waals surface area contributed by atoms with Crippen LogP contribution in [0.4, 0.5) is 0 Å². The minimum Gasteiger partial charge on any atom is -0.458 e. The van der Waals surface area contributed by atoms with Crippen molar-refractivity contribution in [2.75, 3.05) is 19.7 Å². The molecule has 3 rings (SSSR count). The van der Waals surface area contributed by atoms with Crippen molar-refractivity contribution in [2.24, 2.45) is 5.92 Å². The van der Waals surface area contributed by atoms with Crippen LogP contribution in [0.1, 0.15) is 33.6 Å². The Balaban J connectivity index is 1.88. The Hall–Kier alpha value is -2.15. The van der Waals surface area contributed by atoms with Gasteiger partial charge in [-0.05, 0) is 25.3 Å². The van der Waals surface area contributed by atoms with E-state index in [0.717, 1.165) is 25.1 Å². The van der Waals surface area contributed by atoms with E-state index in [2.05, 4.69) is 4.90 Å². The standard InChI is InChI=1S/C19H25NO6/c1-4-13-9-11(2)17(25-12(3)21)19(23)24-10-14-5-7-20-8-6-15(16(14)20)26-18(13)22/h4-5,11,15-17H,6-10H2,1-3H3. The molecule has 2 fully saturated rings. The van der Waals surface area contributed by atoms with Gasteiger partial charge in [-0.1, -0.05) is 19.1 Å². The second-order valence-corrected chi connectivity index (χ2v) is 7.08. The maximum atomic E-state index is 12.6. The van der Waals surface area contributed by atoms with E-state index in [9.17, 15) is 14.4 Å². The third-order valence-corrected chi connectivity index (χ3v) is 5.25. The number of hydrogen-bond acceptors (Lipinski definition) is 7. The largest absolute Gasteiger partial charge is 0.458 e. The van der Waals surface area contributed by atoms with Crippen LogP contribution in [0.5, 0.6) is 0 Å². The maximum absolute atomic E-state index is 12.6. The highest BCUT2D eigenvalue weighted by molar-refractivity contribution is 5.89. The van der Waals surface area contributed by atoms with Crippen LogP contribution in [0.3, 0.4) is 0 Å². The van der Waals surface area contributed by atoms with Crippen molar-refractivity contribution in [3.8, 4) is 0 Å². The summed E-state index contributed by atoms with van der Waals surface area (Å²) in [5, 5.41) is 0. The van der Waals surface area contributed by atoms with Gasteiger partial charge in [-0.25, -0.2) is 9.59 Å². The third-order valence-electron chi connectivity index (χ3n) is 5.25. The minimum absolute atomic E-state index is 0.0473. The number of carbonyl (C=O) groups is 3. The van der Waals surface area contributed by atoms with Crippen LogP contribution in [0.2, 0.25) is 0 Å². The molecule has 0 bridgehead atoms. The summed E-state index contributed by atoms with van der Waals surface area (Å²) in [7, 11) is 0. The molecule has 0 aromatic heterocycles. The number of carbonyl (C=O) groups excluding carboxylic acids is 3. The molecule has 0 aliphatic carbocycles. The Morgan fingerprint density at radius 3 is 2.85 bits per heavy atom. The van der Waals surface area contributed by atoms with Gasteiger partial charge in [0.15, 0.2) is 0 Å². The second-order valence-electron chi connectivity index (χ2n) is 7.08. The Morgan fingerprint density at radius 1 is 1.38 bits per heavy atom. The number of allylic oxidation sites excluding steroid dienone is 1. The van der Waals surface area contributed by atoms with E-state index in [1.807, 2.05) is 6.08 Å². The molecule has 4 atom stereocenters.